The summed E-state index contributed by atoms with van der Waals surface area (Å²) in [6.45, 7) is 1.68. The van der Waals surface area contributed by atoms with Crippen molar-refractivity contribution in [2.75, 3.05) is 104 Å². The topological polar surface area (TPSA) is 377 Å². The predicted octanol–water partition coefficient (Wildman–Crippen LogP) is -0.336. The first kappa shape index (κ1) is 61.4. The van der Waals surface area contributed by atoms with E-state index in [1.807, 2.05) is 41.3 Å². The minimum atomic E-state index is -1.56. The summed E-state index contributed by atoms with van der Waals surface area (Å²) in [6, 6.07) is 6.50. The fourth-order valence-corrected chi connectivity index (χ4v) is 9.31. The molecule has 2 fully saturated rings. The summed E-state index contributed by atoms with van der Waals surface area (Å²) in [5, 5.41) is 74.6. The number of anilines is 1. The fraction of sp³-hybridized carbons (Fsp3) is 0.600. The largest absolute Gasteiger partial charge is 0.481 e. The lowest BCUT2D eigenvalue weighted by molar-refractivity contribution is -0.141. The van der Waals surface area contributed by atoms with Crippen molar-refractivity contribution >= 4 is 76.0 Å². The maximum atomic E-state index is 13.9. The zero-order valence-corrected chi connectivity index (χ0v) is 42.9. The van der Waals surface area contributed by atoms with Crippen LogP contribution in [0.2, 0.25) is 0 Å². The van der Waals surface area contributed by atoms with Gasteiger partial charge in [0.1, 0.15) is 18.1 Å². The smallest absolute Gasteiger partial charge is 0.326 e. The molecule has 2 aromatic rings. The quantitative estimate of drug-likeness (QED) is 0.0485. The van der Waals surface area contributed by atoms with Crippen LogP contribution < -0.4 is 31.9 Å². The number of nitrogens with zero attached hydrogens (tertiary/aromatic N) is 4. The summed E-state index contributed by atoms with van der Waals surface area (Å²) in [6.07, 6.45) is 1.81. The Bertz CT molecular complexity index is 2300. The molecular formula is C50H74N10O16. The monoisotopic (exact) mass is 1070 g/mol. The highest BCUT2D eigenvalue weighted by atomic mass is 16.4. The number of hydrogen-bond donors (Lipinski definition) is 12. The van der Waals surface area contributed by atoms with Gasteiger partial charge in [-0.3, -0.25) is 53.2 Å². The third kappa shape index (κ3) is 22.4. The van der Waals surface area contributed by atoms with Crippen LogP contribution in [0, 0.1) is 11.8 Å². The molecule has 0 unspecified atom stereocenters. The average Bonchev–Trinajstić information content (AvgIpc) is 3.36. The molecule has 4 rings (SSSR count). The number of hydrogen-bond acceptors (Lipinski definition) is 15. The van der Waals surface area contributed by atoms with Gasteiger partial charge in [0.15, 0.2) is 0 Å². The van der Waals surface area contributed by atoms with Crippen LogP contribution in [-0.2, 0) is 49.6 Å². The molecule has 1 saturated heterocycles. The van der Waals surface area contributed by atoms with E-state index in [9.17, 15) is 73.5 Å². The van der Waals surface area contributed by atoms with Crippen LogP contribution >= 0.6 is 0 Å². The Hall–Kier alpha value is -7.16. The van der Waals surface area contributed by atoms with Crippen molar-refractivity contribution in [3.05, 3.63) is 42.0 Å². The van der Waals surface area contributed by atoms with Gasteiger partial charge in [-0.05, 0) is 74.3 Å². The average molecular weight is 1070 g/mol. The number of amides is 5. The number of benzene rings is 2. The number of rotatable bonds is 28. The number of urea groups is 1. The lowest BCUT2D eigenvalue weighted by atomic mass is 9.81. The molecule has 0 spiro atoms. The Labute approximate surface area is 439 Å². The SMILES string of the molecule is CNc1cc(C[C@@H](NC(=O)C2CCC(CNC(=O)CN3CCN(CC(=O)O)CCN(CC(=O)O)CCN(CC(=O)O)CC3)CC2)C(=O)NCCCC[C@H](NC(=O)N[C@@H](CCC(=O)O)C(=O)O)C(=O)O)cc2ccccc12. The molecule has 1 heterocycles. The lowest BCUT2D eigenvalue weighted by Gasteiger charge is -2.33. The van der Waals surface area contributed by atoms with Gasteiger partial charge in [-0.1, -0.05) is 30.3 Å². The number of carboxylic acid groups (broad SMARTS) is 6. The highest BCUT2D eigenvalue weighted by Gasteiger charge is 2.31. The summed E-state index contributed by atoms with van der Waals surface area (Å²) in [4.78, 5) is 130. The Morgan fingerprint density at radius 2 is 1.09 bits per heavy atom. The molecule has 26 nitrogen and oxygen atoms in total. The van der Waals surface area contributed by atoms with Gasteiger partial charge in [0.2, 0.25) is 17.7 Å². The van der Waals surface area contributed by atoms with Crippen molar-refractivity contribution in [1.29, 1.82) is 0 Å². The Morgan fingerprint density at radius 1 is 0.579 bits per heavy atom. The minimum absolute atomic E-state index is 0.0324. The van der Waals surface area contributed by atoms with Gasteiger partial charge < -0.3 is 62.5 Å². The fourth-order valence-electron chi connectivity index (χ4n) is 9.31. The first-order valence-electron chi connectivity index (χ1n) is 25.5. The van der Waals surface area contributed by atoms with E-state index in [-0.39, 0.29) is 115 Å². The van der Waals surface area contributed by atoms with Crippen molar-refractivity contribution < 1.29 is 78.6 Å². The molecular weight excluding hydrogens is 997 g/mol. The van der Waals surface area contributed by atoms with E-state index in [1.54, 1.807) is 21.7 Å². The highest BCUT2D eigenvalue weighted by molar-refractivity contribution is 5.95. The van der Waals surface area contributed by atoms with Crippen LogP contribution in [0.3, 0.4) is 0 Å². The molecule has 76 heavy (non-hydrogen) atoms. The Morgan fingerprint density at radius 3 is 1.59 bits per heavy atom. The van der Waals surface area contributed by atoms with E-state index in [0.29, 0.717) is 45.3 Å². The van der Waals surface area contributed by atoms with Crippen LogP contribution in [0.5, 0.6) is 0 Å². The summed E-state index contributed by atoms with van der Waals surface area (Å²) < 4.78 is 0. The zero-order chi connectivity index (χ0) is 55.7. The molecule has 0 bridgehead atoms. The number of carboxylic acids is 6. The van der Waals surface area contributed by atoms with Crippen LogP contribution in [0.15, 0.2) is 36.4 Å². The second-order valence-corrected chi connectivity index (χ2v) is 19.3. The second kappa shape index (κ2) is 31.7. The summed E-state index contributed by atoms with van der Waals surface area (Å²) >= 11 is 0. The number of unbranched alkanes of at least 4 members (excludes halogenated alkanes) is 1. The summed E-state index contributed by atoms with van der Waals surface area (Å²) in [5.74, 6) is -8.72. The van der Waals surface area contributed by atoms with Crippen molar-refractivity contribution in [2.45, 2.75) is 82.3 Å². The third-order valence-electron chi connectivity index (χ3n) is 13.5. The molecule has 2 aliphatic rings. The van der Waals surface area contributed by atoms with E-state index in [2.05, 4.69) is 31.9 Å². The van der Waals surface area contributed by atoms with Crippen molar-refractivity contribution in [2.24, 2.45) is 11.8 Å². The minimum Gasteiger partial charge on any atom is -0.481 e. The first-order chi connectivity index (χ1) is 36.2. The summed E-state index contributed by atoms with van der Waals surface area (Å²) in [7, 11) is 1.78. The highest BCUT2D eigenvalue weighted by Crippen LogP contribution is 2.29. The molecule has 1 aliphatic carbocycles. The number of carbonyl (C=O) groups excluding carboxylic acids is 4. The van der Waals surface area contributed by atoms with Gasteiger partial charge >= 0.3 is 41.8 Å². The van der Waals surface area contributed by atoms with Gasteiger partial charge in [-0.2, -0.15) is 0 Å². The molecule has 12 N–H and O–H groups in total. The van der Waals surface area contributed by atoms with Crippen LogP contribution in [0.25, 0.3) is 10.8 Å². The molecule has 2 aromatic carbocycles. The summed E-state index contributed by atoms with van der Waals surface area (Å²) in [5.41, 5.74) is 1.60. The number of carbonyl (C=O) groups is 10. The predicted molar refractivity (Wildman–Crippen MR) is 274 cm³/mol. The molecule has 26 heteroatoms. The normalized spacial score (nSPS) is 18.5. The van der Waals surface area contributed by atoms with Crippen LogP contribution in [0.4, 0.5) is 10.5 Å². The maximum Gasteiger partial charge on any atom is 0.326 e. The molecule has 3 atom stereocenters. The zero-order valence-electron chi connectivity index (χ0n) is 42.9. The Balaban J connectivity index is 1.33. The molecule has 5 amide bonds. The standard InChI is InChI=1S/C50H74N10O16/c1-51-39-25-33(24-35-6-2-3-7-36(35)39)26-40(47(71)52-15-5-4-8-37(48(72)73)55-50(76)56-38(49(74)75)13-14-42(62)63)54-46(70)34-11-9-32(10-12-34)27-53-41(61)28-57-16-18-58(29-43(64)65)20-22-60(31-45(68)69)23-21-59(19-17-57)30-44(66)67/h2-3,6-7,24-25,32,34,37-38,40,51H,4-5,8-23,26-31H2,1H3,(H,52,71)(H,53,61)(H,54,70)(H,62,63)(H,64,65)(H,66,67)(H,68,69)(H,72,73)(H,74,75)(H2,55,56,76)/t32?,34?,37-,38-,40+/m0/s1. The lowest BCUT2D eigenvalue weighted by Crippen LogP contribution is -2.51. The van der Waals surface area contributed by atoms with E-state index >= 15 is 0 Å². The van der Waals surface area contributed by atoms with Crippen molar-refractivity contribution in [1.82, 2.24) is 46.2 Å². The second-order valence-electron chi connectivity index (χ2n) is 19.3. The maximum absolute atomic E-state index is 13.9. The van der Waals surface area contributed by atoms with Gasteiger partial charge in [0.25, 0.3) is 0 Å². The molecule has 420 valence electrons. The molecule has 1 saturated carbocycles. The van der Waals surface area contributed by atoms with E-state index in [0.717, 1.165) is 22.0 Å². The van der Waals surface area contributed by atoms with Gasteiger partial charge in [-0.25, -0.2) is 14.4 Å². The van der Waals surface area contributed by atoms with E-state index in [1.165, 1.54) is 0 Å². The van der Waals surface area contributed by atoms with Crippen molar-refractivity contribution in [3.8, 4) is 0 Å². The molecule has 1 aliphatic heterocycles. The van der Waals surface area contributed by atoms with E-state index in [4.69, 9.17) is 5.11 Å². The van der Waals surface area contributed by atoms with Crippen LogP contribution in [0.1, 0.15) is 63.4 Å². The number of nitrogens with one attached hydrogen (secondary N) is 6. The number of aliphatic carboxylic acids is 6. The van der Waals surface area contributed by atoms with E-state index < -0.39 is 84.6 Å². The first-order valence-corrected chi connectivity index (χ1v) is 25.5. The number of fused-ring (bicyclic) bond motifs is 1. The molecule has 0 radical (unpaired) electrons. The van der Waals surface area contributed by atoms with Gasteiger partial charge in [0, 0.05) is 102 Å². The van der Waals surface area contributed by atoms with Gasteiger partial charge in [0.05, 0.1) is 26.2 Å². The van der Waals surface area contributed by atoms with Gasteiger partial charge in [-0.15, -0.1) is 0 Å². The third-order valence-corrected chi connectivity index (χ3v) is 13.5. The Kier molecular flexibility index (Phi) is 25.6. The van der Waals surface area contributed by atoms with Crippen molar-refractivity contribution in [3.63, 3.8) is 0 Å². The van der Waals surface area contributed by atoms with Crippen LogP contribution in [-0.4, -0.2) is 227 Å². The molecule has 0 aromatic heterocycles.